The van der Waals surface area contributed by atoms with Crippen molar-refractivity contribution in [2.75, 3.05) is 5.32 Å². The molecule has 2 aromatic carbocycles. The first kappa shape index (κ1) is 16.0. The molecule has 2 aromatic rings. The van der Waals surface area contributed by atoms with Crippen molar-refractivity contribution in [3.05, 3.63) is 71.8 Å². The van der Waals surface area contributed by atoms with Crippen LogP contribution in [0.3, 0.4) is 0 Å². The highest BCUT2D eigenvalue weighted by Gasteiger charge is 2.18. The van der Waals surface area contributed by atoms with Gasteiger partial charge in [-0.25, -0.2) is 0 Å². The van der Waals surface area contributed by atoms with Crippen molar-refractivity contribution in [3.63, 3.8) is 0 Å². The van der Waals surface area contributed by atoms with Crippen LogP contribution in [0.25, 0.3) is 6.08 Å². The molecule has 2 heteroatoms. The van der Waals surface area contributed by atoms with Crippen LogP contribution in [0.1, 0.15) is 48.7 Å². The van der Waals surface area contributed by atoms with Gasteiger partial charge >= 0.3 is 0 Å². The van der Waals surface area contributed by atoms with Gasteiger partial charge in [0.05, 0.1) is 0 Å². The van der Waals surface area contributed by atoms with Crippen LogP contribution in [0.2, 0.25) is 0 Å². The molecule has 22 heavy (non-hydrogen) atoms. The van der Waals surface area contributed by atoms with Gasteiger partial charge in [-0.05, 0) is 47.2 Å². The summed E-state index contributed by atoms with van der Waals surface area (Å²) in [5.74, 6) is -0.0905. The molecule has 0 aliphatic heterocycles. The third-order valence-electron chi connectivity index (χ3n) is 4.22. The zero-order chi connectivity index (χ0) is 16.2. The van der Waals surface area contributed by atoms with Crippen molar-refractivity contribution in [1.82, 2.24) is 0 Å². The number of amides is 1. The molecule has 114 valence electrons. The monoisotopic (exact) mass is 293 g/mol. The lowest BCUT2D eigenvalue weighted by Crippen LogP contribution is -2.16. The highest BCUT2D eigenvalue weighted by molar-refractivity contribution is 6.04. The van der Waals surface area contributed by atoms with Crippen LogP contribution in [0.4, 0.5) is 5.69 Å². The Morgan fingerprint density at radius 2 is 1.68 bits per heavy atom. The number of anilines is 1. The van der Waals surface area contributed by atoms with E-state index in [4.69, 9.17) is 0 Å². The molecule has 0 atom stereocenters. The molecule has 1 N–H and O–H groups in total. The lowest BCUT2D eigenvalue weighted by molar-refractivity contribution is 0.102. The van der Waals surface area contributed by atoms with Gasteiger partial charge in [0.15, 0.2) is 0 Å². The van der Waals surface area contributed by atoms with Gasteiger partial charge in [-0.3, -0.25) is 4.79 Å². The lowest BCUT2D eigenvalue weighted by atomic mass is 9.82. The predicted molar refractivity (Wildman–Crippen MR) is 94.2 cm³/mol. The van der Waals surface area contributed by atoms with E-state index in [1.807, 2.05) is 48.5 Å². The molecule has 1 amide bonds. The topological polar surface area (TPSA) is 29.1 Å². The van der Waals surface area contributed by atoms with E-state index in [-0.39, 0.29) is 11.3 Å². The Labute approximate surface area is 132 Å². The maximum absolute atomic E-state index is 12.3. The molecule has 0 radical (unpaired) electrons. The smallest absolute Gasteiger partial charge is 0.255 e. The van der Waals surface area contributed by atoms with Gasteiger partial charge in [0.1, 0.15) is 0 Å². The van der Waals surface area contributed by atoms with Crippen LogP contribution in [-0.2, 0) is 5.41 Å². The third kappa shape index (κ3) is 3.64. The zero-order valence-corrected chi connectivity index (χ0v) is 13.5. The van der Waals surface area contributed by atoms with Crippen molar-refractivity contribution < 1.29 is 4.79 Å². The van der Waals surface area contributed by atoms with Gasteiger partial charge in [0, 0.05) is 11.3 Å². The first-order valence-corrected chi connectivity index (χ1v) is 7.60. The minimum Gasteiger partial charge on any atom is -0.322 e. The number of carbonyl (C=O) groups is 1. The Bertz CT molecular complexity index is 651. The molecule has 0 aromatic heterocycles. The molecule has 0 unspecified atom stereocenters. The van der Waals surface area contributed by atoms with Crippen LogP contribution in [-0.4, -0.2) is 5.91 Å². The molecular weight excluding hydrogens is 270 g/mol. The summed E-state index contributed by atoms with van der Waals surface area (Å²) in [7, 11) is 0. The Hall–Kier alpha value is -2.35. The summed E-state index contributed by atoms with van der Waals surface area (Å²) in [6, 6.07) is 15.5. The summed E-state index contributed by atoms with van der Waals surface area (Å²) in [4.78, 5) is 12.3. The fourth-order valence-corrected chi connectivity index (χ4v) is 2.18. The number of hydrogen-bond donors (Lipinski definition) is 1. The molecule has 0 saturated carbocycles. The largest absolute Gasteiger partial charge is 0.322 e. The highest BCUT2D eigenvalue weighted by atomic mass is 16.1. The summed E-state index contributed by atoms with van der Waals surface area (Å²) >= 11 is 0. The van der Waals surface area contributed by atoms with E-state index >= 15 is 0 Å². The van der Waals surface area contributed by atoms with Crippen LogP contribution in [0, 0.1) is 0 Å². The molecule has 0 fully saturated rings. The second kappa shape index (κ2) is 6.61. The Morgan fingerprint density at radius 1 is 1.09 bits per heavy atom. The Kier molecular flexibility index (Phi) is 4.81. The van der Waals surface area contributed by atoms with Gasteiger partial charge in [0.25, 0.3) is 5.91 Å². The van der Waals surface area contributed by atoms with E-state index in [1.54, 1.807) is 6.08 Å². The second-order valence-corrected chi connectivity index (χ2v) is 6.10. The Balaban J connectivity index is 2.10. The van der Waals surface area contributed by atoms with Crippen molar-refractivity contribution in [1.29, 1.82) is 0 Å². The van der Waals surface area contributed by atoms with E-state index in [0.29, 0.717) is 5.56 Å². The Morgan fingerprint density at radius 3 is 2.18 bits per heavy atom. The van der Waals surface area contributed by atoms with E-state index in [1.165, 1.54) is 5.56 Å². The van der Waals surface area contributed by atoms with Gasteiger partial charge in [-0.1, -0.05) is 57.7 Å². The third-order valence-corrected chi connectivity index (χ3v) is 4.22. The quantitative estimate of drug-likeness (QED) is 0.799. The number of carbonyl (C=O) groups excluding carboxylic acids is 1. The van der Waals surface area contributed by atoms with Gasteiger partial charge in [-0.2, -0.15) is 0 Å². The van der Waals surface area contributed by atoms with Gasteiger partial charge in [0.2, 0.25) is 0 Å². The summed E-state index contributed by atoms with van der Waals surface area (Å²) < 4.78 is 0. The van der Waals surface area contributed by atoms with Crippen LogP contribution < -0.4 is 5.32 Å². The number of nitrogens with one attached hydrogen (secondary N) is 1. The average molecular weight is 293 g/mol. The molecule has 2 nitrogen and oxygen atoms in total. The standard InChI is InChI=1S/C20H23NO/c1-5-15-7-13-18(14-8-15)21-19(22)16-9-11-17(12-10-16)20(3,4)6-2/h5,7-14H,1,6H2,2-4H3,(H,21,22). The maximum Gasteiger partial charge on any atom is 0.255 e. The van der Waals surface area contributed by atoms with Crippen molar-refractivity contribution in [2.45, 2.75) is 32.6 Å². The minimum atomic E-state index is -0.0905. The van der Waals surface area contributed by atoms with Crippen molar-refractivity contribution in [2.24, 2.45) is 0 Å². The van der Waals surface area contributed by atoms with Gasteiger partial charge < -0.3 is 5.32 Å². The second-order valence-electron chi connectivity index (χ2n) is 6.10. The fourth-order valence-electron chi connectivity index (χ4n) is 2.18. The first-order valence-electron chi connectivity index (χ1n) is 7.60. The minimum absolute atomic E-state index is 0.0905. The first-order chi connectivity index (χ1) is 10.5. The molecular formula is C20H23NO. The molecule has 0 saturated heterocycles. The van der Waals surface area contributed by atoms with Crippen LogP contribution >= 0.6 is 0 Å². The molecule has 2 rings (SSSR count). The van der Waals surface area contributed by atoms with Crippen LogP contribution in [0.15, 0.2) is 55.1 Å². The summed E-state index contributed by atoms with van der Waals surface area (Å²) in [5.41, 5.74) is 3.87. The zero-order valence-electron chi connectivity index (χ0n) is 13.5. The molecule has 0 aliphatic carbocycles. The molecule has 0 bridgehead atoms. The molecule has 0 spiro atoms. The average Bonchev–Trinajstić information content (AvgIpc) is 2.55. The molecule has 0 heterocycles. The number of benzene rings is 2. The highest BCUT2D eigenvalue weighted by Crippen LogP contribution is 2.26. The molecule has 0 aliphatic rings. The summed E-state index contributed by atoms with van der Waals surface area (Å²) in [5, 5.41) is 2.91. The predicted octanol–water partition coefficient (Wildman–Crippen LogP) is 5.27. The number of rotatable bonds is 5. The van der Waals surface area contributed by atoms with Crippen molar-refractivity contribution >= 4 is 17.7 Å². The lowest BCUT2D eigenvalue weighted by Gasteiger charge is -2.23. The van der Waals surface area contributed by atoms with E-state index in [2.05, 4.69) is 32.7 Å². The van der Waals surface area contributed by atoms with Gasteiger partial charge in [-0.15, -0.1) is 0 Å². The van der Waals surface area contributed by atoms with E-state index < -0.39 is 0 Å². The van der Waals surface area contributed by atoms with Crippen LogP contribution in [0.5, 0.6) is 0 Å². The number of hydrogen-bond acceptors (Lipinski definition) is 1. The normalized spacial score (nSPS) is 11.0. The fraction of sp³-hybridized carbons (Fsp3) is 0.250. The summed E-state index contributed by atoms with van der Waals surface area (Å²) in [6.07, 6.45) is 2.84. The van der Waals surface area contributed by atoms with E-state index in [0.717, 1.165) is 17.7 Å². The maximum atomic E-state index is 12.3. The van der Waals surface area contributed by atoms with E-state index in [9.17, 15) is 4.79 Å². The SMILES string of the molecule is C=Cc1ccc(NC(=O)c2ccc(C(C)(C)CC)cc2)cc1. The summed E-state index contributed by atoms with van der Waals surface area (Å²) in [6.45, 7) is 10.3. The van der Waals surface area contributed by atoms with Crippen molar-refractivity contribution in [3.8, 4) is 0 Å².